The van der Waals surface area contributed by atoms with Crippen LogP contribution in [-0.4, -0.2) is 33.2 Å². The summed E-state index contributed by atoms with van der Waals surface area (Å²) in [6.45, 7) is 2.27. The molecule has 24 heavy (non-hydrogen) atoms. The van der Waals surface area contributed by atoms with E-state index in [-0.39, 0.29) is 0 Å². The number of hydrogen-bond donors (Lipinski definition) is 3. The SMILES string of the molecule is CCCCCCCCCCCCCCCCCC[SiH2]O[Si](O)(O)O. The first-order valence-electron chi connectivity index (χ1n) is 10.4. The molecule has 6 heteroatoms. The van der Waals surface area contributed by atoms with Gasteiger partial charge in [-0.15, -0.1) is 0 Å². The third kappa shape index (κ3) is 22.3. The van der Waals surface area contributed by atoms with Crippen LogP contribution in [0.5, 0.6) is 0 Å². The minimum atomic E-state index is -4.21. The predicted octanol–water partition coefficient (Wildman–Crippen LogP) is 4.18. The maximum absolute atomic E-state index is 8.72. The Morgan fingerprint density at radius 3 is 1.25 bits per heavy atom. The topological polar surface area (TPSA) is 69.9 Å². The lowest BCUT2D eigenvalue weighted by molar-refractivity contribution is 0.131. The molecule has 146 valence electrons. The van der Waals surface area contributed by atoms with Crippen molar-refractivity contribution in [2.45, 2.75) is 116 Å². The van der Waals surface area contributed by atoms with E-state index in [0.29, 0.717) is 0 Å². The van der Waals surface area contributed by atoms with Gasteiger partial charge >= 0.3 is 9.05 Å². The molecule has 0 saturated heterocycles. The summed E-state index contributed by atoms with van der Waals surface area (Å²) in [6.07, 6.45) is 21.7. The molecule has 0 bridgehead atoms. The van der Waals surface area contributed by atoms with Crippen LogP contribution in [-0.2, 0) is 4.12 Å². The molecule has 3 N–H and O–H groups in total. The Hall–Kier alpha value is 0.274. The molecule has 0 aromatic carbocycles. The first-order valence-corrected chi connectivity index (χ1v) is 13.7. The zero-order valence-electron chi connectivity index (χ0n) is 16.0. The zero-order valence-corrected chi connectivity index (χ0v) is 18.4. The van der Waals surface area contributed by atoms with Gasteiger partial charge < -0.3 is 18.5 Å². The molecule has 4 nitrogen and oxygen atoms in total. The third-order valence-corrected chi connectivity index (χ3v) is 7.70. The van der Waals surface area contributed by atoms with Crippen molar-refractivity contribution in [3.8, 4) is 0 Å². The van der Waals surface area contributed by atoms with Gasteiger partial charge in [0.15, 0.2) is 9.76 Å². The van der Waals surface area contributed by atoms with Crippen LogP contribution in [0.3, 0.4) is 0 Å². The van der Waals surface area contributed by atoms with Crippen molar-refractivity contribution in [2.75, 3.05) is 0 Å². The lowest BCUT2D eigenvalue weighted by Crippen LogP contribution is -2.40. The van der Waals surface area contributed by atoms with Gasteiger partial charge in [-0.2, -0.15) is 0 Å². The Morgan fingerprint density at radius 2 is 0.917 bits per heavy atom. The van der Waals surface area contributed by atoms with Gasteiger partial charge in [0.25, 0.3) is 0 Å². The molecule has 0 radical (unpaired) electrons. The molecule has 0 aromatic heterocycles. The standard InChI is InChI=1S/C18H42O4Si2/c1-2-3-4-5-6-7-8-9-10-11-12-13-14-15-16-17-18-23-22-24(19,20)21/h19-21H,2-18,23H2,1H3. The number of rotatable bonds is 19. The third-order valence-electron chi connectivity index (χ3n) is 4.54. The smallest absolute Gasteiger partial charge is 0.400 e. The molecular formula is C18H42O4Si2. The summed E-state index contributed by atoms with van der Waals surface area (Å²) in [5, 5.41) is 0. The highest BCUT2D eigenvalue weighted by Gasteiger charge is 2.29. The second-order valence-corrected chi connectivity index (χ2v) is 10.5. The van der Waals surface area contributed by atoms with E-state index in [1.165, 1.54) is 96.3 Å². The van der Waals surface area contributed by atoms with Crippen LogP contribution in [0.25, 0.3) is 0 Å². The molecule has 0 atom stereocenters. The Kier molecular flexibility index (Phi) is 18.3. The molecule has 0 aliphatic carbocycles. The van der Waals surface area contributed by atoms with Crippen molar-refractivity contribution in [1.29, 1.82) is 0 Å². The fourth-order valence-electron chi connectivity index (χ4n) is 3.04. The fourth-order valence-corrected chi connectivity index (χ4v) is 5.27. The first-order chi connectivity index (χ1) is 11.6. The van der Waals surface area contributed by atoms with Crippen LogP contribution in [0, 0.1) is 0 Å². The van der Waals surface area contributed by atoms with Gasteiger partial charge in [-0.1, -0.05) is 110 Å². The molecule has 0 unspecified atom stereocenters. The van der Waals surface area contributed by atoms with Crippen LogP contribution in [0.2, 0.25) is 6.04 Å². The van der Waals surface area contributed by atoms with Gasteiger partial charge in [0.1, 0.15) is 0 Å². The highest BCUT2D eigenvalue weighted by Crippen LogP contribution is 2.14. The minimum Gasteiger partial charge on any atom is -0.400 e. The van der Waals surface area contributed by atoms with Gasteiger partial charge in [0.2, 0.25) is 0 Å². The Bertz CT molecular complexity index is 248. The largest absolute Gasteiger partial charge is 0.660 e. The average molecular weight is 379 g/mol. The quantitative estimate of drug-likeness (QED) is 0.233. The first kappa shape index (κ1) is 24.3. The lowest BCUT2D eigenvalue weighted by Gasteiger charge is -2.09. The Balaban J connectivity index is 3.00. The van der Waals surface area contributed by atoms with Crippen molar-refractivity contribution < 1.29 is 18.5 Å². The van der Waals surface area contributed by atoms with E-state index in [9.17, 15) is 0 Å². The second-order valence-electron chi connectivity index (χ2n) is 7.08. The molecule has 0 saturated carbocycles. The Labute approximate surface area is 153 Å². The summed E-state index contributed by atoms with van der Waals surface area (Å²) in [4.78, 5) is 26.1. The van der Waals surface area contributed by atoms with Gasteiger partial charge in [0.05, 0.1) is 0 Å². The normalized spacial score (nSPS) is 12.5. The highest BCUT2D eigenvalue weighted by molar-refractivity contribution is 6.56. The predicted molar refractivity (Wildman–Crippen MR) is 106 cm³/mol. The average Bonchev–Trinajstić information content (AvgIpc) is 2.52. The van der Waals surface area contributed by atoms with E-state index in [0.717, 1.165) is 12.5 Å². The molecular weight excluding hydrogens is 336 g/mol. The fraction of sp³-hybridized carbons (Fsp3) is 1.00. The van der Waals surface area contributed by atoms with E-state index < -0.39 is 18.8 Å². The van der Waals surface area contributed by atoms with Gasteiger partial charge in [0, 0.05) is 0 Å². The van der Waals surface area contributed by atoms with Crippen LogP contribution < -0.4 is 0 Å². The zero-order chi connectivity index (χ0) is 17.9. The number of unbranched alkanes of at least 4 members (excludes halogenated alkanes) is 15. The van der Waals surface area contributed by atoms with E-state index >= 15 is 0 Å². The van der Waals surface area contributed by atoms with Crippen molar-refractivity contribution in [3.63, 3.8) is 0 Å². The van der Waals surface area contributed by atoms with Crippen LogP contribution in [0.1, 0.15) is 110 Å². The Morgan fingerprint density at radius 1 is 0.583 bits per heavy atom. The molecule has 0 fully saturated rings. The number of hydrogen-bond acceptors (Lipinski definition) is 4. The van der Waals surface area contributed by atoms with Gasteiger partial charge in [-0.05, 0) is 6.04 Å². The monoisotopic (exact) mass is 378 g/mol. The summed E-state index contributed by atoms with van der Waals surface area (Å²) < 4.78 is 4.70. The van der Waals surface area contributed by atoms with Crippen LogP contribution >= 0.6 is 0 Å². The molecule has 0 amide bonds. The summed E-state index contributed by atoms with van der Waals surface area (Å²) in [5.74, 6) is 0. The maximum Gasteiger partial charge on any atom is 0.660 e. The van der Waals surface area contributed by atoms with E-state index in [1.807, 2.05) is 0 Å². The van der Waals surface area contributed by atoms with E-state index in [2.05, 4.69) is 6.92 Å². The summed E-state index contributed by atoms with van der Waals surface area (Å²) in [6, 6.07) is 0.925. The second kappa shape index (κ2) is 18.1. The molecule has 0 heterocycles. The van der Waals surface area contributed by atoms with Crippen molar-refractivity contribution >= 4 is 18.8 Å². The molecule has 0 aliphatic rings. The van der Waals surface area contributed by atoms with Crippen LogP contribution in [0.4, 0.5) is 0 Å². The molecule has 0 aromatic rings. The molecule has 0 spiro atoms. The van der Waals surface area contributed by atoms with Crippen molar-refractivity contribution in [1.82, 2.24) is 0 Å². The molecule has 0 rings (SSSR count). The highest BCUT2D eigenvalue weighted by atomic mass is 28.4. The molecule has 0 aliphatic heterocycles. The summed E-state index contributed by atoms with van der Waals surface area (Å²) in [5.41, 5.74) is 0. The van der Waals surface area contributed by atoms with Crippen LogP contribution in [0.15, 0.2) is 0 Å². The van der Waals surface area contributed by atoms with Crippen molar-refractivity contribution in [3.05, 3.63) is 0 Å². The summed E-state index contributed by atoms with van der Waals surface area (Å²) >= 11 is 0. The lowest BCUT2D eigenvalue weighted by atomic mass is 10.0. The van der Waals surface area contributed by atoms with Gasteiger partial charge in [-0.25, -0.2) is 0 Å². The summed E-state index contributed by atoms with van der Waals surface area (Å²) in [7, 11) is -5.15. The maximum atomic E-state index is 8.72. The van der Waals surface area contributed by atoms with E-state index in [4.69, 9.17) is 18.5 Å². The van der Waals surface area contributed by atoms with Crippen molar-refractivity contribution in [2.24, 2.45) is 0 Å². The van der Waals surface area contributed by atoms with E-state index in [1.54, 1.807) is 0 Å². The minimum absolute atomic E-state index is 0.925. The van der Waals surface area contributed by atoms with Gasteiger partial charge in [-0.3, -0.25) is 0 Å².